The van der Waals surface area contributed by atoms with Crippen molar-refractivity contribution in [2.75, 3.05) is 26.2 Å². The van der Waals surface area contributed by atoms with Gasteiger partial charge in [-0.15, -0.1) is 0 Å². The van der Waals surface area contributed by atoms with Crippen LogP contribution in [0.15, 0.2) is 18.2 Å². The monoisotopic (exact) mass is 354 g/mol. The lowest BCUT2D eigenvalue weighted by Crippen LogP contribution is -2.46. The number of likely N-dealkylation sites (tertiary alicyclic amines) is 1. The van der Waals surface area contributed by atoms with Crippen molar-refractivity contribution < 1.29 is 13.9 Å². The van der Waals surface area contributed by atoms with Crippen LogP contribution in [0.1, 0.15) is 31.2 Å². The molecule has 0 radical (unpaired) electrons. The first-order chi connectivity index (χ1) is 11.6. The Bertz CT molecular complexity index is 570. The number of halogens is 2. The van der Waals surface area contributed by atoms with Crippen LogP contribution in [-0.4, -0.2) is 49.2 Å². The largest absolute Gasteiger partial charge is 0.377 e. The molecule has 2 aliphatic heterocycles. The van der Waals surface area contributed by atoms with Gasteiger partial charge in [0.2, 0.25) is 5.91 Å². The molecule has 1 N–H and O–H groups in total. The molecule has 2 fully saturated rings. The number of ether oxygens (including phenoxy) is 1. The first kappa shape index (κ1) is 17.6. The fourth-order valence-corrected chi connectivity index (χ4v) is 3.69. The Kier molecular flexibility index (Phi) is 6.09. The van der Waals surface area contributed by atoms with E-state index in [2.05, 4.69) is 10.2 Å². The molecule has 2 heterocycles. The number of benzene rings is 1. The molecule has 0 spiro atoms. The Morgan fingerprint density at radius 3 is 2.79 bits per heavy atom. The van der Waals surface area contributed by atoms with E-state index in [1.165, 1.54) is 18.6 Å². The molecule has 132 valence electrons. The highest BCUT2D eigenvalue weighted by Gasteiger charge is 2.24. The normalized spacial score (nSPS) is 22.7. The Morgan fingerprint density at radius 2 is 2.12 bits per heavy atom. The molecule has 0 aromatic heterocycles. The van der Waals surface area contributed by atoms with Crippen molar-refractivity contribution in [2.45, 2.75) is 44.2 Å². The van der Waals surface area contributed by atoms with Crippen LogP contribution in [-0.2, 0) is 16.0 Å². The average molecular weight is 355 g/mol. The van der Waals surface area contributed by atoms with Gasteiger partial charge >= 0.3 is 0 Å². The maximum Gasteiger partial charge on any atom is 0.224 e. The lowest BCUT2D eigenvalue weighted by atomic mass is 10.0. The molecule has 0 bridgehead atoms. The van der Waals surface area contributed by atoms with E-state index < -0.39 is 0 Å². The van der Waals surface area contributed by atoms with E-state index >= 15 is 0 Å². The molecule has 4 nitrogen and oxygen atoms in total. The number of amides is 1. The van der Waals surface area contributed by atoms with E-state index in [1.807, 2.05) is 0 Å². The Morgan fingerprint density at radius 1 is 1.33 bits per heavy atom. The molecule has 2 saturated heterocycles. The van der Waals surface area contributed by atoms with E-state index in [9.17, 15) is 9.18 Å². The van der Waals surface area contributed by atoms with Gasteiger partial charge in [-0.25, -0.2) is 4.39 Å². The standard InChI is InChI=1S/C18H24ClFN2O2/c19-17-11-14(20)4-3-13(17)10-18(23)21-15-5-7-22(8-6-15)12-16-2-1-9-24-16/h3-4,11,15-16H,1-2,5-10,12H2,(H,21,23)/t16-/m0/s1. The van der Waals surface area contributed by atoms with Crippen molar-refractivity contribution in [3.8, 4) is 0 Å². The smallest absolute Gasteiger partial charge is 0.224 e. The van der Waals surface area contributed by atoms with Crippen LogP contribution < -0.4 is 5.32 Å². The third-order valence-electron chi connectivity index (χ3n) is 4.80. The highest BCUT2D eigenvalue weighted by Crippen LogP contribution is 2.19. The van der Waals surface area contributed by atoms with Gasteiger partial charge in [0.1, 0.15) is 5.82 Å². The van der Waals surface area contributed by atoms with E-state index in [4.69, 9.17) is 16.3 Å². The predicted molar refractivity (Wildman–Crippen MR) is 91.7 cm³/mol. The molecular formula is C18H24ClFN2O2. The molecule has 0 aliphatic carbocycles. The van der Waals surface area contributed by atoms with Gasteiger partial charge in [-0.1, -0.05) is 17.7 Å². The fourth-order valence-electron chi connectivity index (χ4n) is 3.45. The fraction of sp³-hybridized carbons (Fsp3) is 0.611. The summed E-state index contributed by atoms with van der Waals surface area (Å²) in [5.41, 5.74) is 0.659. The minimum atomic E-state index is -0.386. The number of rotatable bonds is 5. The second-order valence-corrected chi connectivity index (χ2v) is 7.10. The molecule has 2 aliphatic rings. The summed E-state index contributed by atoms with van der Waals surface area (Å²) in [5.74, 6) is -0.441. The Hall–Kier alpha value is -1.17. The van der Waals surface area contributed by atoms with Crippen molar-refractivity contribution in [1.29, 1.82) is 0 Å². The summed E-state index contributed by atoms with van der Waals surface area (Å²) < 4.78 is 18.7. The van der Waals surface area contributed by atoms with Crippen molar-refractivity contribution in [1.82, 2.24) is 10.2 Å². The highest BCUT2D eigenvalue weighted by molar-refractivity contribution is 6.31. The number of hydrogen-bond donors (Lipinski definition) is 1. The number of nitrogens with one attached hydrogen (secondary N) is 1. The topological polar surface area (TPSA) is 41.6 Å². The minimum Gasteiger partial charge on any atom is -0.377 e. The molecule has 3 rings (SSSR count). The summed E-state index contributed by atoms with van der Waals surface area (Å²) in [4.78, 5) is 14.6. The van der Waals surface area contributed by atoms with Crippen LogP contribution in [0.3, 0.4) is 0 Å². The SMILES string of the molecule is O=C(Cc1ccc(F)cc1Cl)NC1CCN(C[C@@H]2CCCO2)CC1. The molecule has 1 aromatic carbocycles. The molecule has 0 unspecified atom stereocenters. The number of carbonyl (C=O) groups excluding carboxylic acids is 1. The molecule has 1 amide bonds. The maximum atomic E-state index is 13.0. The van der Waals surface area contributed by atoms with Crippen molar-refractivity contribution in [3.05, 3.63) is 34.6 Å². The first-order valence-corrected chi connectivity index (χ1v) is 9.05. The first-order valence-electron chi connectivity index (χ1n) is 8.67. The van der Waals surface area contributed by atoms with Crippen molar-refractivity contribution in [3.63, 3.8) is 0 Å². The third kappa shape index (κ3) is 4.91. The molecule has 6 heteroatoms. The second kappa shape index (κ2) is 8.28. The predicted octanol–water partition coefficient (Wildman–Crippen LogP) is 2.78. The van der Waals surface area contributed by atoms with Crippen LogP contribution >= 0.6 is 11.6 Å². The molecule has 0 saturated carbocycles. The van der Waals surface area contributed by atoms with Gasteiger partial charge in [-0.2, -0.15) is 0 Å². The van der Waals surface area contributed by atoms with Gasteiger partial charge in [-0.05, 0) is 43.4 Å². The minimum absolute atomic E-state index is 0.0546. The summed E-state index contributed by atoms with van der Waals surface area (Å²) in [5, 5.41) is 3.38. The summed E-state index contributed by atoms with van der Waals surface area (Å²) in [6.45, 7) is 3.87. The average Bonchev–Trinajstić information content (AvgIpc) is 3.05. The third-order valence-corrected chi connectivity index (χ3v) is 5.16. The number of piperidine rings is 1. The summed E-state index contributed by atoms with van der Waals surface area (Å²) in [7, 11) is 0. The van der Waals surface area contributed by atoms with E-state index in [0.717, 1.165) is 45.5 Å². The van der Waals surface area contributed by atoms with E-state index in [0.29, 0.717) is 16.7 Å². The van der Waals surface area contributed by atoms with Crippen LogP contribution in [0.2, 0.25) is 5.02 Å². The number of hydrogen-bond acceptors (Lipinski definition) is 3. The van der Waals surface area contributed by atoms with Crippen LogP contribution in [0.25, 0.3) is 0 Å². The van der Waals surface area contributed by atoms with Gasteiger partial charge in [0.15, 0.2) is 0 Å². The quantitative estimate of drug-likeness (QED) is 0.884. The zero-order valence-corrected chi connectivity index (χ0v) is 14.5. The highest BCUT2D eigenvalue weighted by atomic mass is 35.5. The lowest BCUT2D eigenvalue weighted by Gasteiger charge is -2.33. The second-order valence-electron chi connectivity index (χ2n) is 6.69. The van der Waals surface area contributed by atoms with Gasteiger partial charge in [0.25, 0.3) is 0 Å². The molecular weight excluding hydrogens is 331 g/mol. The maximum absolute atomic E-state index is 13.0. The van der Waals surface area contributed by atoms with Crippen LogP contribution in [0.4, 0.5) is 4.39 Å². The Balaban J connectivity index is 1.41. The van der Waals surface area contributed by atoms with Gasteiger partial charge in [-0.3, -0.25) is 4.79 Å². The van der Waals surface area contributed by atoms with Crippen molar-refractivity contribution >= 4 is 17.5 Å². The van der Waals surface area contributed by atoms with Crippen LogP contribution in [0, 0.1) is 5.82 Å². The Labute approximate surface area is 147 Å². The molecule has 24 heavy (non-hydrogen) atoms. The van der Waals surface area contributed by atoms with E-state index in [1.54, 1.807) is 6.07 Å². The van der Waals surface area contributed by atoms with Gasteiger partial charge < -0.3 is 15.0 Å². The molecule has 1 atom stereocenters. The summed E-state index contributed by atoms with van der Waals surface area (Å²) >= 11 is 5.98. The number of carbonyl (C=O) groups is 1. The van der Waals surface area contributed by atoms with Gasteiger partial charge in [0, 0.05) is 37.3 Å². The van der Waals surface area contributed by atoms with Crippen LogP contribution in [0.5, 0.6) is 0 Å². The molecule has 1 aromatic rings. The lowest BCUT2D eigenvalue weighted by molar-refractivity contribution is -0.121. The summed E-state index contributed by atoms with van der Waals surface area (Å²) in [6, 6.07) is 4.35. The zero-order valence-electron chi connectivity index (χ0n) is 13.8. The zero-order chi connectivity index (χ0) is 16.9. The van der Waals surface area contributed by atoms with E-state index in [-0.39, 0.29) is 24.2 Å². The number of nitrogens with zero attached hydrogens (tertiary/aromatic N) is 1. The van der Waals surface area contributed by atoms with Gasteiger partial charge in [0.05, 0.1) is 12.5 Å². The summed E-state index contributed by atoms with van der Waals surface area (Å²) in [6.07, 6.45) is 4.82. The van der Waals surface area contributed by atoms with Crippen molar-refractivity contribution in [2.24, 2.45) is 0 Å².